The molecule has 1 aromatic rings. The topological polar surface area (TPSA) is 58.6 Å². The summed E-state index contributed by atoms with van der Waals surface area (Å²) in [5.74, 6) is 0.784. The molecule has 1 aliphatic heterocycles. The first-order valence-corrected chi connectivity index (χ1v) is 7.72. The largest absolute Gasteiger partial charge is 0.492 e. The number of ether oxygens (including phenoxy) is 1. The summed E-state index contributed by atoms with van der Waals surface area (Å²) in [6.45, 7) is 6.29. The maximum Gasteiger partial charge on any atom is 0.325 e. The van der Waals surface area contributed by atoms with E-state index in [1.807, 2.05) is 13.8 Å². The zero-order valence-corrected chi connectivity index (χ0v) is 13.8. The van der Waals surface area contributed by atoms with Gasteiger partial charge in [-0.3, -0.25) is 9.69 Å². The minimum absolute atomic E-state index is 0.189. The third kappa shape index (κ3) is 3.71. The lowest BCUT2D eigenvalue weighted by atomic mass is 9.91. The molecule has 1 unspecified atom stereocenters. The number of carbonyl (C=O) groups excluding carboxylic acids is 2. The van der Waals surface area contributed by atoms with Gasteiger partial charge in [-0.2, -0.15) is 0 Å². The van der Waals surface area contributed by atoms with Crippen LogP contribution in [0.15, 0.2) is 24.3 Å². The molecule has 0 radical (unpaired) electrons. The highest BCUT2D eigenvalue weighted by Gasteiger charge is 2.47. The standard InChI is InChI=1S/C16H21ClN2O3/c1-11(2)10-16(3)14(20)19(15(21)18-16)8-9-22-13-6-4-12(17)5-7-13/h4-7,11H,8-10H2,1-3H3,(H,18,21). The van der Waals surface area contributed by atoms with E-state index < -0.39 is 5.54 Å². The molecule has 0 saturated carbocycles. The molecule has 1 heterocycles. The Kier molecular flexibility index (Phi) is 4.96. The highest BCUT2D eigenvalue weighted by atomic mass is 35.5. The van der Waals surface area contributed by atoms with Gasteiger partial charge in [-0.15, -0.1) is 0 Å². The Morgan fingerprint density at radius 1 is 1.27 bits per heavy atom. The lowest BCUT2D eigenvalue weighted by Gasteiger charge is -2.23. The summed E-state index contributed by atoms with van der Waals surface area (Å²) in [5.41, 5.74) is -0.814. The molecule has 120 valence electrons. The van der Waals surface area contributed by atoms with Gasteiger partial charge in [0.05, 0.1) is 6.54 Å². The highest BCUT2D eigenvalue weighted by Crippen LogP contribution is 2.25. The zero-order chi connectivity index (χ0) is 16.3. The van der Waals surface area contributed by atoms with E-state index in [-0.39, 0.29) is 25.1 Å². The van der Waals surface area contributed by atoms with Crippen LogP contribution in [0, 0.1) is 5.92 Å². The van der Waals surface area contributed by atoms with Crippen molar-refractivity contribution in [3.05, 3.63) is 29.3 Å². The average Bonchev–Trinajstić information content (AvgIpc) is 2.63. The molecule has 6 heteroatoms. The molecule has 1 atom stereocenters. The quantitative estimate of drug-likeness (QED) is 0.818. The number of carbonyl (C=O) groups is 2. The summed E-state index contributed by atoms with van der Waals surface area (Å²) in [6, 6.07) is 6.59. The summed E-state index contributed by atoms with van der Waals surface area (Å²) >= 11 is 5.80. The molecule has 0 spiro atoms. The number of rotatable bonds is 6. The van der Waals surface area contributed by atoms with E-state index >= 15 is 0 Å². The van der Waals surface area contributed by atoms with Gasteiger partial charge in [0, 0.05) is 5.02 Å². The van der Waals surface area contributed by atoms with Gasteiger partial charge in [-0.25, -0.2) is 4.79 Å². The van der Waals surface area contributed by atoms with E-state index in [9.17, 15) is 9.59 Å². The van der Waals surface area contributed by atoms with Crippen molar-refractivity contribution in [2.75, 3.05) is 13.2 Å². The maximum absolute atomic E-state index is 12.4. The van der Waals surface area contributed by atoms with Crippen molar-refractivity contribution in [2.45, 2.75) is 32.7 Å². The summed E-state index contributed by atoms with van der Waals surface area (Å²) in [4.78, 5) is 25.6. The van der Waals surface area contributed by atoms with Crippen LogP contribution in [0.25, 0.3) is 0 Å². The lowest BCUT2D eigenvalue weighted by molar-refractivity contribution is -0.131. The SMILES string of the molecule is CC(C)CC1(C)NC(=O)N(CCOc2ccc(Cl)cc2)C1=O. The van der Waals surface area contributed by atoms with Crippen LogP contribution >= 0.6 is 11.6 Å². The van der Waals surface area contributed by atoms with Crippen LogP contribution in [0.5, 0.6) is 5.75 Å². The summed E-state index contributed by atoms with van der Waals surface area (Å²) in [5, 5.41) is 3.41. The first kappa shape index (κ1) is 16.6. The van der Waals surface area contributed by atoms with Crippen molar-refractivity contribution in [3.63, 3.8) is 0 Å². The molecule has 1 fully saturated rings. The monoisotopic (exact) mass is 324 g/mol. The Morgan fingerprint density at radius 2 is 1.91 bits per heavy atom. The van der Waals surface area contributed by atoms with Gasteiger partial charge in [-0.1, -0.05) is 25.4 Å². The third-order valence-electron chi connectivity index (χ3n) is 3.56. The fraction of sp³-hybridized carbons (Fsp3) is 0.500. The Balaban J connectivity index is 1.91. The van der Waals surface area contributed by atoms with E-state index in [4.69, 9.17) is 16.3 Å². The Bertz CT molecular complexity index is 559. The van der Waals surface area contributed by atoms with Crippen molar-refractivity contribution >= 4 is 23.5 Å². The van der Waals surface area contributed by atoms with E-state index in [1.165, 1.54) is 4.90 Å². The number of urea groups is 1. The maximum atomic E-state index is 12.4. The van der Waals surface area contributed by atoms with Crippen LogP contribution in [0.2, 0.25) is 5.02 Å². The van der Waals surface area contributed by atoms with E-state index in [1.54, 1.807) is 31.2 Å². The molecule has 0 aliphatic carbocycles. The molecule has 1 aliphatic rings. The molecule has 1 saturated heterocycles. The molecule has 0 bridgehead atoms. The second-order valence-electron chi connectivity index (χ2n) is 6.12. The molecular formula is C16H21ClN2O3. The summed E-state index contributed by atoms with van der Waals surface area (Å²) in [6.07, 6.45) is 0.617. The molecule has 3 amide bonds. The molecule has 1 aromatic carbocycles. The zero-order valence-electron chi connectivity index (χ0n) is 13.1. The number of benzene rings is 1. The van der Waals surface area contributed by atoms with Crippen LogP contribution in [0.1, 0.15) is 27.2 Å². The van der Waals surface area contributed by atoms with Crippen LogP contribution < -0.4 is 10.1 Å². The number of nitrogens with zero attached hydrogens (tertiary/aromatic N) is 1. The Morgan fingerprint density at radius 3 is 2.50 bits per heavy atom. The second-order valence-corrected chi connectivity index (χ2v) is 6.56. The van der Waals surface area contributed by atoms with E-state index in [0.29, 0.717) is 23.1 Å². The van der Waals surface area contributed by atoms with E-state index in [0.717, 1.165) is 0 Å². The predicted molar refractivity (Wildman–Crippen MR) is 85.1 cm³/mol. The Hall–Kier alpha value is -1.75. The second kappa shape index (κ2) is 6.57. The molecule has 22 heavy (non-hydrogen) atoms. The van der Waals surface area contributed by atoms with Gasteiger partial charge in [0.1, 0.15) is 17.9 Å². The molecule has 2 rings (SSSR count). The number of hydrogen-bond acceptors (Lipinski definition) is 3. The average molecular weight is 325 g/mol. The van der Waals surface area contributed by atoms with Crippen molar-refractivity contribution in [1.82, 2.24) is 10.2 Å². The minimum Gasteiger partial charge on any atom is -0.492 e. The van der Waals surface area contributed by atoms with Gasteiger partial charge in [0.2, 0.25) is 0 Å². The normalized spacial score (nSPS) is 21.4. The number of hydrogen-bond donors (Lipinski definition) is 1. The molecular weight excluding hydrogens is 304 g/mol. The smallest absolute Gasteiger partial charge is 0.325 e. The fourth-order valence-electron chi connectivity index (χ4n) is 2.69. The summed E-state index contributed by atoms with van der Waals surface area (Å²) < 4.78 is 5.54. The predicted octanol–water partition coefficient (Wildman–Crippen LogP) is 3.08. The lowest BCUT2D eigenvalue weighted by Crippen LogP contribution is -2.45. The van der Waals surface area contributed by atoms with Crippen LogP contribution in [0.3, 0.4) is 0 Å². The van der Waals surface area contributed by atoms with Gasteiger partial charge in [0.25, 0.3) is 5.91 Å². The first-order chi connectivity index (χ1) is 10.3. The van der Waals surface area contributed by atoms with E-state index in [2.05, 4.69) is 5.32 Å². The third-order valence-corrected chi connectivity index (χ3v) is 3.81. The number of nitrogens with one attached hydrogen (secondary N) is 1. The Labute approximate surface area is 135 Å². The molecule has 0 aromatic heterocycles. The van der Waals surface area contributed by atoms with Gasteiger partial charge in [0.15, 0.2) is 0 Å². The number of imide groups is 1. The van der Waals surface area contributed by atoms with Gasteiger partial charge in [-0.05, 0) is 43.5 Å². The molecule has 1 N–H and O–H groups in total. The minimum atomic E-state index is -0.814. The highest BCUT2D eigenvalue weighted by molar-refractivity contribution is 6.30. The van der Waals surface area contributed by atoms with Gasteiger partial charge >= 0.3 is 6.03 Å². The number of amides is 3. The van der Waals surface area contributed by atoms with Crippen molar-refractivity contribution in [3.8, 4) is 5.75 Å². The molecule has 5 nitrogen and oxygen atoms in total. The van der Waals surface area contributed by atoms with Crippen molar-refractivity contribution < 1.29 is 14.3 Å². The fourth-order valence-corrected chi connectivity index (χ4v) is 2.82. The van der Waals surface area contributed by atoms with Crippen molar-refractivity contribution in [1.29, 1.82) is 0 Å². The number of halogens is 1. The summed E-state index contributed by atoms with van der Waals surface area (Å²) in [7, 11) is 0. The van der Waals surface area contributed by atoms with Crippen LogP contribution in [0.4, 0.5) is 4.79 Å². The first-order valence-electron chi connectivity index (χ1n) is 7.34. The van der Waals surface area contributed by atoms with Crippen LogP contribution in [-0.4, -0.2) is 35.5 Å². The van der Waals surface area contributed by atoms with Crippen molar-refractivity contribution in [2.24, 2.45) is 5.92 Å². The van der Waals surface area contributed by atoms with Gasteiger partial charge < -0.3 is 10.1 Å². The van der Waals surface area contributed by atoms with Crippen LogP contribution in [-0.2, 0) is 4.79 Å².